The van der Waals surface area contributed by atoms with Crippen LogP contribution in [0.15, 0.2) is 42.5 Å². The van der Waals surface area contributed by atoms with Crippen molar-refractivity contribution in [1.82, 2.24) is 5.32 Å². The number of benzene rings is 2. The van der Waals surface area contributed by atoms with Crippen molar-refractivity contribution in [3.63, 3.8) is 0 Å². The summed E-state index contributed by atoms with van der Waals surface area (Å²) in [4.78, 5) is 11.8. The predicted octanol–water partition coefficient (Wildman–Crippen LogP) is 2.90. The van der Waals surface area contributed by atoms with Gasteiger partial charge in [0, 0.05) is 17.8 Å². The fraction of sp³-hybridized carbons (Fsp3) is 0.133. The number of carbonyl (C=O) groups is 1. The van der Waals surface area contributed by atoms with Crippen LogP contribution in [-0.4, -0.2) is 12.5 Å². The number of nitrogens with two attached hydrogens (primary N) is 1. The molecule has 2 rings (SSSR count). The van der Waals surface area contributed by atoms with Crippen LogP contribution in [0.2, 0.25) is 0 Å². The summed E-state index contributed by atoms with van der Waals surface area (Å²) in [5, 5.41) is 5.79. The topological polar surface area (TPSA) is 67.2 Å². The fourth-order valence-electron chi connectivity index (χ4n) is 1.76. The Morgan fingerprint density at radius 2 is 1.90 bits per heavy atom. The Kier molecular flexibility index (Phi) is 4.20. The van der Waals surface area contributed by atoms with Gasteiger partial charge in [-0.15, -0.1) is 0 Å². The molecule has 4 nitrogen and oxygen atoms in total. The van der Waals surface area contributed by atoms with E-state index in [1.807, 2.05) is 6.92 Å². The molecule has 0 aromatic heterocycles. The van der Waals surface area contributed by atoms with Crippen molar-refractivity contribution < 1.29 is 9.18 Å². The van der Waals surface area contributed by atoms with Gasteiger partial charge in [-0.05, 0) is 49.4 Å². The predicted molar refractivity (Wildman–Crippen MR) is 78.5 cm³/mol. The Morgan fingerprint density at radius 3 is 2.55 bits per heavy atom. The van der Waals surface area contributed by atoms with E-state index in [1.165, 1.54) is 12.1 Å². The molecule has 20 heavy (non-hydrogen) atoms. The maximum Gasteiger partial charge on any atom is 0.251 e. The normalized spacial score (nSPS) is 10.1. The third-order valence-corrected chi connectivity index (χ3v) is 2.78. The van der Waals surface area contributed by atoms with E-state index in [2.05, 4.69) is 10.6 Å². The molecule has 0 heterocycles. The van der Waals surface area contributed by atoms with Gasteiger partial charge in [0.15, 0.2) is 0 Å². The van der Waals surface area contributed by atoms with Crippen molar-refractivity contribution in [2.45, 2.75) is 6.92 Å². The lowest BCUT2D eigenvalue weighted by atomic mass is 10.1. The highest BCUT2D eigenvalue weighted by Crippen LogP contribution is 2.24. The molecule has 0 spiro atoms. The molecule has 0 aliphatic carbocycles. The monoisotopic (exact) mass is 273 g/mol. The van der Waals surface area contributed by atoms with Crippen LogP contribution in [-0.2, 0) is 0 Å². The van der Waals surface area contributed by atoms with E-state index < -0.39 is 0 Å². The maximum atomic E-state index is 12.9. The first-order chi connectivity index (χ1) is 9.60. The number of nitrogen functional groups attached to an aromatic ring is 1. The van der Waals surface area contributed by atoms with Crippen LogP contribution in [0.3, 0.4) is 0 Å². The number of anilines is 3. The summed E-state index contributed by atoms with van der Waals surface area (Å²) in [6.45, 7) is 2.41. The van der Waals surface area contributed by atoms with Gasteiger partial charge in [-0.2, -0.15) is 0 Å². The molecule has 2 aromatic carbocycles. The minimum atomic E-state index is -0.306. The summed E-state index contributed by atoms with van der Waals surface area (Å²) in [6, 6.07) is 10.9. The molecular weight excluding hydrogens is 257 g/mol. The largest absolute Gasteiger partial charge is 0.397 e. The standard InChI is InChI=1S/C15H16FN3O/c1-2-18-15(20)10-3-8-13(17)14(9-10)19-12-6-4-11(16)5-7-12/h3-9,19H,2,17H2,1H3,(H,18,20). The molecule has 1 amide bonds. The van der Waals surface area contributed by atoms with Crippen molar-refractivity contribution in [2.24, 2.45) is 0 Å². The van der Waals surface area contributed by atoms with Crippen LogP contribution in [0.5, 0.6) is 0 Å². The number of carbonyl (C=O) groups excluding carboxylic acids is 1. The third kappa shape index (κ3) is 3.26. The number of nitrogens with one attached hydrogen (secondary N) is 2. The molecule has 0 radical (unpaired) electrons. The molecule has 0 saturated carbocycles. The third-order valence-electron chi connectivity index (χ3n) is 2.78. The van der Waals surface area contributed by atoms with E-state index in [4.69, 9.17) is 5.73 Å². The van der Waals surface area contributed by atoms with E-state index in [1.54, 1.807) is 30.3 Å². The van der Waals surface area contributed by atoms with Gasteiger partial charge in [0.1, 0.15) is 5.82 Å². The summed E-state index contributed by atoms with van der Waals surface area (Å²) in [5.41, 5.74) is 8.22. The molecular formula is C15H16FN3O. The van der Waals surface area contributed by atoms with Crippen molar-refractivity contribution >= 4 is 23.0 Å². The quantitative estimate of drug-likeness (QED) is 0.750. The smallest absolute Gasteiger partial charge is 0.251 e. The van der Waals surface area contributed by atoms with Crippen molar-refractivity contribution in [3.8, 4) is 0 Å². The van der Waals surface area contributed by atoms with Gasteiger partial charge in [0.2, 0.25) is 0 Å². The summed E-state index contributed by atoms with van der Waals surface area (Å²) >= 11 is 0. The maximum absolute atomic E-state index is 12.9. The molecule has 4 N–H and O–H groups in total. The Hall–Kier alpha value is -2.56. The van der Waals surface area contributed by atoms with E-state index in [0.29, 0.717) is 29.2 Å². The van der Waals surface area contributed by atoms with Crippen LogP contribution >= 0.6 is 0 Å². The van der Waals surface area contributed by atoms with Gasteiger partial charge >= 0.3 is 0 Å². The lowest BCUT2D eigenvalue weighted by Crippen LogP contribution is -2.22. The van der Waals surface area contributed by atoms with Gasteiger partial charge in [0.05, 0.1) is 11.4 Å². The zero-order valence-electron chi connectivity index (χ0n) is 11.1. The molecule has 2 aromatic rings. The highest BCUT2D eigenvalue weighted by atomic mass is 19.1. The number of rotatable bonds is 4. The Morgan fingerprint density at radius 1 is 1.20 bits per heavy atom. The van der Waals surface area contributed by atoms with E-state index in [9.17, 15) is 9.18 Å². The lowest BCUT2D eigenvalue weighted by molar-refractivity contribution is 0.0956. The molecule has 0 fully saturated rings. The van der Waals surface area contributed by atoms with Gasteiger partial charge < -0.3 is 16.4 Å². The first kappa shape index (κ1) is 13.9. The summed E-state index contributed by atoms with van der Waals surface area (Å²) in [5.74, 6) is -0.464. The average Bonchev–Trinajstić information content (AvgIpc) is 2.44. The SMILES string of the molecule is CCNC(=O)c1ccc(N)c(Nc2ccc(F)cc2)c1. The summed E-state index contributed by atoms with van der Waals surface area (Å²) < 4.78 is 12.9. The van der Waals surface area contributed by atoms with Crippen LogP contribution in [0.1, 0.15) is 17.3 Å². The fourth-order valence-corrected chi connectivity index (χ4v) is 1.76. The Labute approximate surface area is 116 Å². The molecule has 0 aliphatic rings. The zero-order chi connectivity index (χ0) is 14.5. The number of halogens is 1. The second-order valence-corrected chi connectivity index (χ2v) is 4.29. The van der Waals surface area contributed by atoms with Gasteiger partial charge in [0.25, 0.3) is 5.91 Å². The minimum Gasteiger partial charge on any atom is -0.397 e. The first-order valence-electron chi connectivity index (χ1n) is 6.30. The Balaban J connectivity index is 2.24. The second-order valence-electron chi connectivity index (χ2n) is 4.29. The highest BCUT2D eigenvalue weighted by Gasteiger charge is 2.07. The van der Waals surface area contributed by atoms with E-state index in [0.717, 1.165) is 0 Å². The summed E-state index contributed by atoms with van der Waals surface area (Å²) in [7, 11) is 0. The molecule has 0 saturated heterocycles. The van der Waals surface area contributed by atoms with Gasteiger partial charge in [-0.25, -0.2) is 4.39 Å². The number of hydrogen-bond acceptors (Lipinski definition) is 3. The van der Waals surface area contributed by atoms with Gasteiger partial charge in [-0.3, -0.25) is 4.79 Å². The Bertz CT molecular complexity index is 611. The van der Waals surface area contributed by atoms with Gasteiger partial charge in [-0.1, -0.05) is 0 Å². The molecule has 0 aliphatic heterocycles. The number of amides is 1. The first-order valence-corrected chi connectivity index (χ1v) is 6.30. The van der Waals surface area contributed by atoms with E-state index in [-0.39, 0.29) is 11.7 Å². The van der Waals surface area contributed by atoms with Crippen molar-refractivity contribution in [2.75, 3.05) is 17.6 Å². The zero-order valence-corrected chi connectivity index (χ0v) is 11.1. The lowest BCUT2D eigenvalue weighted by Gasteiger charge is -2.11. The van der Waals surface area contributed by atoms with Crippen LogP contribution in [0.4, 0.5) is 21.5 Å². The minimum absolute atomic E-state index is 0.158. The molecule has 0 bridgehead atoms. The molecule has 5 heteroatoms. The van der Waals surface area contributed by atoms with Crippen LogP contribution < -0.4 is 16.4 Å². The van der Waals surface area contributed by atoms with Crippen LogP contribution in [0, 0.1) is 5.82 Å². The highest BCUT2D eigenvalue weighted by molar-refractivity contribution is 5.96. The number of hydrogen-bond donors (Lipinski definition) is 3. The average molecular weight is 273 g/mol. The molecule has 0 atom stereocenters. The van der Waals surface area contributed by atoms with E-state index >= 15 is 0 Å². The van der Waals surface area contributed by atoms with Crippen LogP contribution in [0.25, 0.3) is 0 Å². The molecule has 0 unspecified atom stereocenters. The molecule has 104 valence electrons. The second kappa shape index (κ2) is 6.06. The van der Waals surface area contributed by atoms with Crippen molar-refractivity contribution in [3.05, 3.63) is 53.8 Å². The summed E-state index contributed by atoms with van der Waals surface area (Å²) in [6.07, 6.45) is 0. The van der Waals surface area contributed by atoms with Crippen molar-refractivity contribution in [1.29, 1.82) is 0 Å².